The molecule has 1 aliphatic heterocycles. The molecule has 76 valence electrons. The van der Waals surface area contributed by atoms with Crippen molar-refractivity contribution < 1.29 is 5.11 Å². The fraction of sp³-hybridized carbons (Fsp3) is 0.455. The van der Waals surface area contributed by atoms with E-state index >= 15 is 0 Å². The maximum absolute atomic E-state index is 9.73. The first-order valence-corrected chi connectivity index (χ1v) is 5.00. The van der Waals surface area contributed by atoms with Crippen LogP contribution in [0.25, 0.3) is 0 Å². The molecule has 2 rings (SSSR count). The third-order valence-corrected chi connectivity index (χ3v) is 2.69. The molecular weight excluding hydrogens is 176 g/mol. The zero-order valence-corrected chi connectivity index (χ0v) is 8.33. The molecule has 3 heteroatoms. The summed E-state index contributed by atoms with van der Waals surface area (Å²) in [5.74, 6) is 0.740. The Bertz CT molecular complexity index is 336. The molecule has 1 heterocycles. The summed E-state index contributed by atoms with van der Waals surface area (Å²) in [7, 11) is 0. The van der Waals surface area contributed by atoms with Crippen molar-refractivity contribution in [1.82, 2.24) is 0 Å². The van der Waals surface area contributed by atoms with Gasteiger partial charge >= 0.3 is 0 Å². The Morgan fingerprint density at radius 3 is 3.14 bits per heavy atom. The fourth-order valence-corrected chi connectivity index (χ4v) is 2.12. The van der Waals surface area contributed by atoms with E-state index in [-0.39, 0.29) is 6.04 Å². The van der Waals surface area contributed by atoms with E-state index in [1.54, 1.807) is 6.07 Å². The number of aromatic hydroxyl groups is 1. The number of phenolic OH excluding ortho intramolecular Hbond substituents is 1. The molecule has 0 radical (unpaired) electrons. The SMILES string of the molecule is CC(N)CC1CNc2cccc(O)c21. The van der Waals surface area contributed by atoms with E-state index < -0.39 is 0 Å². The summed E-state index contributed by atoms with van der Waals surface area (Å²) in [4.78, 5) is 0. The predicted octanol–water partition coefficient (Wildman–Crippen LogP) is 1.64. The van der Waals surface area contributed by atoms with Crippen molar-refractivity contribution in [3.05, 3.63) is 23.8 Å². The van der Waals surface area contributed by atoms with Crippen LogP contribution < -0.4 is 11.1 Å². The molecular formula is C11H16N2O. The molecule has 0 bridgehead atoms. The van der Waals surface area contributed by atoms with Crippen LogP contribution in [-0.2, 0) is 0 Å². The molecule has 1 aliphatic rings. The summed E-state index contributed by atoms with van der Waals surface area (Å²) in [6.45, 7) is 2.88. The molecule has 3 nitrogen and oxygen atoms in total. The maximum Gasteiger partial charge on any atom is 0.121 e. The van der Waals surface area contributed by atoms with E-state index in [1.165, 1.54) is 0 Å². The summed E-state index contributed by atoms with van der Waals surface area (Å²) >= 11 is 0. The third kappa shape index (κ3) is 1.55. The Morgan fingerprint density at radius 2 is 2.43 bits per heavy atom. The monoisotopic (exact) mass is 192 g/mol. The quantitative estimate of drug-likeness (QED) is 0.667. The average molecular weight is 192 g/mol. The Labute approximate surface area is 83.9 Å². The molecule has 0 amide bonds. The number of rotatable bonds is 2. The van der Waals surface area contributed by atoms with Crippen LogP contribution in [0, 0.1) is 0 Å². The number of hydrogen-bond donors (Lipinski definition) is 3. The first-order chi connectivity index (χ1) is 6.68. The fourth-order valence-electron chi connectivity index (χ4n) is 2.12. The summed E-state index contributed by atoms with van der Waals surface area (Å²) in [6, 6.07) is 5.76. The van der Waals surface area contributed by atoms with Gasteiger partial charge in [-0.15, -0.1) is 0 Å². The number of nitrogens with two attached hydrogens (primary N) is 1. The largest absolute Gasteiger partial charge is 0.508 e. The lowest BCUT2D eigenvalue weighted by molar-refractivity contribution is 0.459. The van der Waals surface area contributed by atoms with Crippen LogP contribution in [0.2, 0.25) is 0 Å². The Kier molecular flexibility index (Phi) is 2.33. The highest BCUT2D eigenvalue weighted by atomic mass is 16.3. The summed E-state index contributed by atoms with van der Waals surface area (Å²) < 4.78 is 0. The molecule has 14 heavy (non-hydrogen) atoms. The Hall–Kier alpha value is -1.22. The number of benzene rings is 1. The number of anilines is 1. The molecule has 2 unspecified atom stereocenters. The number of phenols is 1. The lowest BCUT2D eigenvalue weighted by atomic mass is 9.94. The minimum Gasteiger partial charge on any atom is -0.508 e. The van der Waals surface area contributed by atoms with Crippen molar-refractivity contribution in [2.75, 3.05) is 11.9 Å². The zero-order chi connectivity index (χ0) is 10.1. The number of nitrogens with one attached hydrogen (secondary N) is 1. The van der Waals surface area contributed by atoms with Crippen LogP contribution in [0.1, 0.15) is 24.8 Å². The zero-order valence-electron chi connectivity index (χ0n) is 8.33. The lowest BCUT2D eigenvalue weighted by Crippen LogP contribution is -2.19. The summed E-state index contributed by atoms with van der Waals surface area (Å²) in [5.41, 5.74) is 7.85. The Morgan fingerprint density at radius 1 is 1.64 bits per heavy atom. The van der Waals surface area contributed by atoms with Gasteiger partial charge < -0.3 is 16.2 Å². The van der Waals surface area contributed by atoms with Crippen molar-refractivity contribution in [1.29, 1.82) is 0 Å². The molecule has 0 spiro atoms. The van der Waals surface area contributed by atoms with Crippen molar-refractivity contribution >= 4 is 5.69 Å². The normalized spacial score (nSPS) is 21.4. The van der Waals surface area contributed by atoms with E-state index in [9.17, 15) is 5.11 Å². The van der Waals surface area contributed by atoms with Gasteiger partial charge in [0.2, 0.25) is 0 Å². The first kappa shape index (κ1) is 9.34. The van der Waals surface area contributed by atoms with Gasteiger partial charge in [-0.2, -0.15) is 0 Å². The first-order valence-electron chi connectivity index (χ1n) is 5.00. The van der Waals surface area contributed by atoms with Gasteiger partial charge in [0, 0.05) is 29.8 Å². The highest BCUT2D eigenvalue weighted by Crippen LogP contribution is 2.39. The average Bonchev–Trinajstić information content (AvgIpc) is 2.49. The van der Waals surface area contributed by atoms with Gasteiger partial charge in [-0.3, -0.25) is 0 Å². The van der Waals surface area contributed by atoms with Crippen LogP contribution in [-0.4, -0.2) is 17.7 Å². The summed E-state index contributed by atoms with van der Waals surface area (Å²) in [6.07, 6.45) is 0.914. The van der Waals surface area contributed by atoms with Crippen LogP contribution in [0.5, 0.6) is 5.75 Å². The van der Waals surface area contributed by atoms with Crippen LogP contribution in [0.3, 0.4) is 0 Å². The topological polar surface area (TPSA) is 58.3 Å². The van der Waals surface area contributed by atoms with Crippen LogP contribution >= 0.6 is 0 Å². The number of fused-ring (bicyclic) bond motifs is 1. The van der Waals surface area contributed by atoms with Crippen molar-refractivity contribution in [2.45, 2.75) is 25.3 Å². The standard InChI is InChI=1S/C11H16N2O/c1-7(12)5-8-6-13-9-3-2-4-10(14)11(8)9/h2-4,7-8,13-14H,5-6,12H2,1H3. The van der Waals surface area contributed by atoms with Crippen molar-refractivity contribution in [3.63, 3.8) is 0 Å². The van der Waals surface area contributed by atoms with E-state index in [0.717, 1.165) is 24.2 Å². The van der Waals surface area contributed by atoms with Gasteiger partial charge in [-0.25, -0.2) is 0 Å². The van der Waals surface area contributed by atoms with E-state index in [1.807, 2.05) is 19.1 Å². The second-order valence-electron chi connectivity index (χ2n) is 4.03. The highest BCUT2D eigenvalue weighted by Gasteiger charge is 2.25. The van der Waals surface area contributed by atoms with Gasteiger partial charge in [-0.1, -0.05) is 6.07 Å². The molecule has 0 saturated carbocycles. The van der Waals surface area contributed by atoms with Crippen molar-refractivity contribution in [3.8, 4) is 5.75 Å². The third-order valence-electron chi connectivity index (χ3n) is 2.69. The molecule has 0 fully saturated rings. The lowest BCUT2D eigenvalue weighted by Gasteiger charge is -2.13. The van der Waals surface area contributed by atoms with Crippen LogP contribution in [0.15, 0.2) is 18.2 Å². The van der Waals surface area contributed by atoms with Gasteiger partial charge in [0.25, 0.3) is 0 Å². The second-order valence-corrected chi connectivity index (χ2v) is 4.03. The molecule has 0 aromatic heterocycles. The second kappa shape index (κ2) is 3.50. The van der Waals surface area contributed by atoms with Crippen LogP contribution in [0.4, 0.5) is 5.69 Å². The van der Waals surface area contributed by atoms with Gasteiger partial charge in [-0.05, 0) is 25.5 Å². The van der Waals surface area contributed by atoms with Crippen molar-refractivity contribution in [2.24, 2.45) is 5.73 Å². The van der Waals surface area contributed by atoms with E-state index in [4.69, 9.17) is 5.73 Å². The minimum absolute atomic E-state index is 0.173. The predicted molar refractivity (Wildman–Crippen MR) is 57.6 cm³/mol. The molecule has 0 saturated heterocycles. The van der Waals surface area contributed by atoms with E-state index in [0.29, 0.717) is 11.7 Å². The van der Waals surface area contributed by atoms with E-state index in [2.05, 4.69) is 5.32 Å². The Balaban J connectivity index is 2.29. The van der Waals surface area contributed by atoms with Gasteiger partial charge in [0.15, 0.2) is 0 Å². The molecule has 1 aromatic rings. The smallest absolute Gasteiger partial charge is 0.121 e. The minimum atomic E-state index is 0.173. The van der Waals surface area contributed by atoms with Gasteiger partial charge in [0.05, 0.1) is 0 Å². The molecule has 0 aliphatic carbocycles. The molecule has 1 aromatic carbocycles. The summed E-state index contributed by atoms with van der Waals surface area (Å²) in [5, 5.41) is 13.0. The number of hydrogen-bond acceptors (Lipinski definition) is 3. The highest BCUT2D eigenvalue weighted by molar-refractivity contribution is 5.63. The maximum atomic E-state index is 9.73. The molecule has 2 atom stereocenters. The van der Waals surface area contributed by atoms with Gasteiger partial charge in [0.1, 0.15) is 5.75 Å². The molecule has 4 N–H and O–H groups in total.